The molecule has 2 rings (SSSR count). The molecule has 0 saturated carbocycles. The molecule has 0 aliphatic rings. The van der Waals surface area contributed by atoms with Crippen LogP contribution in [0.2, 0.25) is 0 Å². The van der Waals surface area contributed by atoms with Gasteiger partial charge in [-0.15, -0.1) is 0 Å². The summed E-state index contributed by atoms with van der Waals surface area (Å²) in [6.07, 6.45) is -0.115. The van der Waals surface area contributed by atoms with Crippen LogP contribution in [0.5, 0.6) is 0 Å². The minimum atomic E-state index is -0.493. The molecule has 1 N–H and O–H groups in total. The molecule has 20 heavy (non-hydrogen) atoms. The SMILES string of the molecule is Cc1ccc2cc(C(C)(C)NC(=O)CC#N)ccc2c1. The highest BCUT2D eigenvalue weighted by Gasteiger charge is 2.22. The Balaban J connectivity index is 2.34. The first-order chi connectivity index (χ1) is 9.42. The smallest absolute Gasteiger partial charge is 0.234 e. The van der Waals surface area contributed by atoms with Crippen LogP contribution in [0, 0.1) is 18.3 Å². The van der Waals surface area contributed by atoms with Crippen LogP contribution in [0.15, 0.2) is 36.4 Å². The van der Waals surface area contributed by atoms with Gasteiger partial charge < -0.3 is 5.32 Å². The van der Waals surface area contributed by atoms with E-state index in [1.165, 1.54) is 10.9 Å². The molecule has 0 unspecified atom stereocenters. The zero-order chi connectivity index (χ0) is 14.8. The van der Waals surface area contributed by atoms with Crippen molar-refractivity contribution in [3.05, 3.63) is 47.5 Å². The molecular weight excluding hydrogens is 248 g/mol. The Morgan fingerprint density at radius 3 is 2.55 bits per heavy atom. The second-order valence-electron chi connectivity index (χ2n) is 5.57. The normalized spacial score (nSPS) is 11.1. The molecule has 3 nitrogen and oxygen atoms in total. The van der Waals surface area contributed by atoms with E-state index in [1.807, 2.05) is 26.0 Å². The lowest BCUT2D eigenvalue weighted by atomic mass is 9.91. The molecule has 1 amide bonds. The molecule has 0 aromatic heterocycles. The van der Waals surface area contributed by atoms with E-state index in [0.29, 0.717) is 0 Å². The van der Waals surface area contributed by atoms with Gasteiger partial charge in [0.15, 0.2) is 0 Å². The summed E-state index contributed by atoms with van der Waals surface area (Å²) in [7, 11) is 0. The standard InChI is InChI=1S/C17H18N2O/c1-12-4-5-14-11-15(7-6-13(14)10-12)17(2,3)19-16(20)8-9-18/h4-7,10-11H,8H2,1-3H3,(H,19,20). The molecule has 0 atom stereocenters. The van der Waals surface area contributed by atoms with E-state index in [2.05, 4.69) is 42.6 Å². The van der Waals surface area contributed by atoms with E-state index in [9.17, 15) is 4.79 Å². The fourth-order valence-electron chi connectivity index (χ4n) is 2.29. The van der Waals surface area contributed by atoms with Crippen molar-refractivity contribution in [1.82, 2.24) is 5.32 Å². The zero-order valence-electron chi connectivity index (χ0n) is 12.0. The monoisotopic (exact) mass is 266 g/mol. The van der Waals surface area contributed by atoms with Crippen molar-refractivity contribution in [2.75, 3.05) is 0 Å². The van der Waals surface area contributed by atoms with Crippen molar-refractivity contribution in [3.63, 3.8) is 0 Å². The Bertz CT molecular complexity index is 696. The first-order valence-corrected chi connectivity index (χ1v) is 6.61. The van der Waals surface area contributed by atoms with Gasteiger partial charge in [-0.1, -0.05) is 35.9 Å². The first-order valence-electron chi connectivity index (χ1n) is 6.61. The summed E-state index contributed by atoms with van der Waals surface area (Å²) in [6, 6.07) is 14.3. The number of benzene rings is 2. The predicted octanol–water partition coefficient (Wildman–Crippen LogP) is 3.41. The van der Waals surface area contributed by atoms with Gasteiger partial charge in [0, 0.05) is 0 Å². The summed E-state index contributed by atoms with van der Waals surface area (Å²) in [6.45, 7) is 5.95. The largest absolute Gasteiger partial charge is 0.346 e. The van der Waals surface area contributed by atoms with Crippen LogP contribution >= 0.6 is 0 Å². The predicted molar refractivity (Wildman–Crippen MR) is 80.1 cm³/mol. The molecule has 0 aliphatic heterocycles. The Morgan fingerprint density at radius 1 is 1.20 bits per heavy atom. The van der Waals surface area contributed by atoms with Crippen LogP contribution in [-0.2, 0) is 10.3 Å². The number of fused-ring (bicyclic) bond motifs is 1. The van der Waals surface area contributed by atoms with Crippen LogP contribution in [0.4, 0.5) is 0 Å². The van der Waals surface area contributed by atoms with Crippen LogP contribution in [-0.4, -0.2) is 5.91 Å². The maximum atomic E-state index is 11.6. The van der Waals surface area contributed by atoms with Crippen LogP contribution in [0.1, 0.15) is 31.4 Å². The third-order valence-corrected chi connectivity index (χ3v) is 3.41. The zero-order valence-corrected chi connectivity index (χ0v) is 12.0. The van der Waals surface area contributed by atoms with Crippen molar-refractivity contribution >= 4 is 16.7 Å². The Kier molecular flexibility index (Phi) is 3.76. The van der Waals surface area contributed by atoms with Crippen molar-refractivity contribution in [3.8, 4) is 6.07 Å². The van der Waals surface area contributed by atoms with Crippen molar-refractivity contribution in [2.45, 2.75) is 32.7 Å². The minimum absolute atomic E-state index is 0.115. The number of nitrogens with zero attached hydrogens (tertiary/aromatic N) is 1. The fourth-order valence-corrected chi connectivity index (χ4v) is 2.29. The van der Waals surface area contributed by atoms with Crippen LogP contribution in [0.25, 0.3) is 10.8 Å². The van der Waals surface area contributed by atoms with Gasteiger partial charge in [-0.25, -0.2) is 0 Å². The molecule has 3 heteroatoms. The Hall–Kier alpha value is -2.34. The highest BCUT2D eigenvalue weighted by Crippen LogP contribution is 2.25. The lowest BCUT2D eigenvalue weighted by Crippen LogP contribution is -2.40. The third kappa shape index (κ3) is 2.97. The number of carbonyl (C=O) groups is 1. The molecule has 2 aromatic carbocycles. The van der Waals surface area contributed by atoms with Crippen molar-refractivity contribution in [1.29, 1.82) is 5.26 Å². The van der Waals surface area contributed by atoms with Gasteiger partial charge in [0.05, 0.1) is 11.6 Å². The quantitative estimate of drug-likeness (QED) is 0.925. The Morgan fingerprint density at radius 2 is 1.85 bits per heavy atom. The minimum Gasteiger partial charge on any atom is -0.346 e. The van der Waals surface area contributed by atoms with Gasteiger partial charge in [0.2, 0.25) is 5.91 Å². The maximum Gasteiger partial charge on any atom is 0.234 e. The van der Waals surface area contributed by atoms with Crippen LogP contribution < -0.4 is 5.32 Å². The summed E-state index contributed by atoms with van der Waals surface area (Å²) in [5.74, 6) is -0.249. The summed E-state index contributed by atoms with van der Waals surface area (Å²) in [4.78, 5) is 11.6. The van der Waals surface area contributed by atoms with Gasteiger partial charge in [-0.05, 0) is 43.2 Å². The van der Waals surface area contributed by atoms with Crippen molar-refractivity contribution < 1.29 is 4.79 Å². The molecule has 2 aromatic rings. The molecule has 0 bridgehead atoms. The van der Waals surface area contributed by atoms with E-state index in [4.69, 9.17) is 5.26 Å². The number of rotatable bonds is 3. The summed E-state index contributed by atoms with van der Waals surface area (Å²) in [5.41, 5.74) is 1.76. The molecule has 102 valence electrons. The Labute approximate surface area is 119 Å². The molecule has 0 radical (unpaired) electrons. The topological polar surface area (TPSA) is 52.9 Å². The summed E-state index contributed by atoms with van der Waals surface area (Å²) >= 11 is 0. The molecule has 0 saturated heterocycles. The highest BCUT2D eigenvalue weighted by molar-refractivity contribution is 5.84. The number of nitrogens with one attached hydrogen (secondary N) is 1. The van der Waals surface area contributed by atoms with Crippen LogP contribution in [0.3, 0.4) is 0 Å². The van der Waals surface area contributed by atoms with Gasteiger partial charge >= 0.3 is 0 Å². The maximum absolute atomic E-state index is 11.6. The van der Waals surface area contributed by atoms with Gasteiger partial charge in [0.25, 0.3) is 0 Å². The van der Waals surface area contributed by atoms with E-state index in [-0.39, 0.29) is 12.3 Å². The number of carbonyl (C=O) groups excluding carboxylic acids is 1. The van der Waals surface area contributed by atoms with Crippen molar-refractivity contribution in [2.24, 2.45) is 0 Å². The van der Waals surface area contributed by atoms with E-state index >= 15 is 0 Å². The summed E-state index contributed by atoms with van der Waals surface area (Å²) < 4.78 is 0. The molecule has 0 fully saturated rings. The first kappa shape index (κ1) is 14.1. The third-order valence-electron chi connectivity index (χ3n) is 3.41. The van der Waals surface area contributed by atoms with Gasteiger partial charge in [0.1, 0.15) is 6.42 Å². The number of aryl methyl sites for hydroxylation is 1. The van der Waals surface area contributed by atoms with E-state index in [1.54, 1.807) is 0 Å². The average Bonchev–Trinajstić information content (AvgIpc) is 2.37. The summed E-state index contributed by atoms with van der Waals surface area (Å²) in [5, 5.41) is 13.8. The van der Waals surface area contributed by atoms with Gasteiger partial charge in [-0.3, -0.25) is 4.79 Å². The van der Waals surface area contributed by atoms with Gasteiger partial charge in [-0.2, -0.15) is 5.26 Å². The molecular formula is C17H18N2O. The molecule has 0 spiro atoms. The molecule has 0 heterocycles. The van der Waals surface area contributed by atoms with E-state index in [0.717, 1.165) is 10.9 Å². The lowest BCUT2D eigenvalue weighted by Gasteiger charge is -2.27. The number of amides is 1. The fraction of sp³-hybridized carbons (Fsp3) is 0.294. The van der Waals surface area contributed by atoms with E-state index < -0.39 is 5.54 Å². The molecule has 0 aliphatic carbocycles. The number of hydrogen-bond acceptors (Lipinski definition) is 2. The highest BCUT2D eigenvalue weighted by atomic mass is 16.1. The lowest BCUT2D eigenvalue weighted by molar-refractivity contribution is -0.121. The number of hydrogen-bond donors (Lipinski definition) is 1. The second kappa shape index (κ2) is 5.34. The second-order valence-corrected chi connectivity index (χ2v) is 5.57. The average molecular weight is 266 g/mol. The number of nitriles is 1.